The van der Waals surface area contributed by atoms with Gasteiger partial charge in [-0.2, -0.15) is 0 Å². The third-order valence-corrected chi connectivity index (χ3v) is 3.77. The first-order valence-electron chi connectivity index (χ1n) is 6.57. The van der Waals surface area contributed by atoms with Gasteiger partial charge in [0.25, 0.3) is 5.91 Å². The number of aromatic nitrogens is 1. The summed E-state index contributed by atoms with van der Waals surface area (Å²) in [6.07, 6.45) is 4.86. The van der Waals surface area contributed by atoms with Gasteiger partial charge in [0.15, 0.2) is 6.39 Å². The number of nitrogens with zero attached hydrogens (tertiary/aromatic N) is 2. The van der Waals surface area contributed by atoms with Gasteiger partial charge in [-0.25, -0.2) is 4.98 Å². The van der Waals surface area contributed by atoms with Gasteiger partial charge in [0.2, 0.25) is 5.76 Å². The maximum absolute atomic E-state index is 11.7. The number of ether oxygens (including phenoxy) is 1. The normalized spacial score (nSPS) is 22.7. The molecule has 0 spiro atoms. The molecule has 1 aliphatic heterocycles. The number of likely N-dealkylation sites (tertiary alicyclic amines) is 1. The van der Waals surface area contributed by atoms with E-state index in [0.29, 0.717) is 13.0 Å². The van der Waals surface area contributed by atoms with Crippen molar-refractivity contribution in [1.82, 2.24) is 15.2 Å². The largest absolute Gasteiger partial charge is 0.469 e. The number of esters is 1. The number of carbonyl (C=O) groups excluding carboxylic acids is 2. The average Bonchev–Trinajstić information content (AvgIpc) is 3.08. The summed E-state index contributed by atoms with van der Waals surface area (Å²) < 4.78 is 9.62. The van der Waals surface area contributed by atoms with Crippen LogP contribution >= 0.6 is 0 Å². The Labute approximate surface area is 117 Å². The lowest BCUT2D eigenvalue weighted by molar-refractivity contribution is -0.141. The quantitative estimate of drug-likeness (QED) is 0.788. The van der Waals surface area contributed by atoms with Crippen molar-refractivity contribution in [2.45, 2.75) is 31.3 Å². The van der Waals surface area contributed by atoms with Crippen molar-refractivity contribution in [3.63, 3.8) is 0 Å². The molecule has 1 N–H and O–H groups in total. The summed E-state index contributed by atoms with van der Waals surface area (Å²) in [5.74, 6) is -0.266. The Morgan fingerprint density at radius 1 is 1.50 bits per heavy atom. The first kappa shape index (κ1) is 14.5. The second-order valence-corrected chi connectivity index (χ2v) is 4.91. The number of hydrogen-bond acceptors (Lipinski definition) is 6. The van der Waals surface area contributed by atoms with E-state index >= 15 is 0 Å². The van der Waals surface area contributed by atoms with Gasteiger partial charge in [-0.3, -0.25) is 14.5 Å². The van der Waals surface area contributed by atoms with Crippen LogP contribution in [0.15, 0.2) is 17.0 Å². The number of amides is 1. The van der Waals surface area contributed by atoms with Gasteiger partial charge < -0.3 is 14.5 Å². The molecule has 2 heterocycles. The summed E-state index contributed by atoms with van der Waals surface area (Å²) in [6, 6.07) is 0.395. The number of nitrogens with one attached hydrogen (secondary N) is 1. The first-order valence-corrected chi connectivity index (χ1v) is 6.57. The van der Waals surface area contributed by atoms with E-state index in [0.717, 1.165) is 12.8 Å². The number of hydrogen-bond donors (Lipinski definition) is 1. The third kappa shape index (κ3) is 3.36. The van der Waals surface area contributed by atoms with Crippen LogP contribution in [-0.2, 0) is 9.53 Å². The first-order chi connectivity index (χ1) is 9.61. The van der Waals surface area contributed by atoms with E-state index in [1.54, 1.807) is 0 Å². The predicted molar refractivity (Wildman–Crippen MR) is 70.0 cm³/mol. The minimum Gasteiger partial charge on any atom is -0.469 e. The summed E-state index contributed by atoms with van der Waals surface area (Å²) in [7, 11) is 3.36. The molecule has 110 valence electrons. The standard InChI is InChI=1S/C13H19N3O4/c1-16-9(5-12(17)19-2)3-4-10(16)6-15-13(18)11-7-14-8-20-11/h7-10H,3-6H2,1-2H3,(H,15,18)/t9-,10+/m1/s1. The monoisotopic (exact) mass is 281 g/mol. The second kappa shape index (κ2) is 6.51. The summed E-state index contributed by atoms with van der Waals surface area (Å²) >= 11 is 0. The molecular weight excluding hydrogens is 262 g/mol. The molecular formula is C13H19N3O4. The van der Waals surface area contributed by atoms with Gasteiger partial charge in [0.1, 0.15) is 0 Å². The van der Waals surface area contributed by atoms with Crippen molar-refractivity contribution in [1.29, 1.82) is 0 Å². The minimum atomic E-state index is -0.271. The highest BCUT2D eigenvalue weighted by molar-refractivity contribution is 5.91. The molecule has 0 saturated carbocycles. The van der Waals surface area contributed by atoms with E-state index in [4.69, 9.17) is 4.42 Å². The molecule has 0 unspecified atom stereocenters. The van der Waals surface area contributed by atoms with E-state index < -0.39 is 0 Å². The fraction of sp³-hybridized carbons (Fsp3) is 0.615. The molecule has 1 aliphatic rings. The Morgan fingerprint density at radius 3 is 2.90 bits per heavy atom. The Kier molecular flexibility index (Phi) is 4.73. The van der Waals surface area contributed by atoms with Gasteiger partial charge in [0.05, 0.1) is 19.7 Å². The van der Waals surface area contributed by atoms with Crippen LogP contribution in [0.1, 0.15) is 29.8 Å². The van der Waals surface area contributed by atoms with Gasteiger partial charge in [-0.05, 0) is 19.9 Å². The zero-order valence-electron chi connectivity index (χ0n) is 11.7. The van der Waals surface area contributed by atoms with Crippen molar-refractivity contribution in [2.24, 2.45) is 0 Å². The van der Waals surface area contributed by atoms with Crippen LogP contribution in [0, 0.1) is 0 Å². The van der Waals surface area contributed by atoms with E-state index in [2.05, 4.69) is 19.9 Å². The number of rotatable bonds is 5. The molecule has 1 fully saturated rings. The summed E-state index contributed by atoms with van der Waals surface area (Å²) in [4.78, 5) is 28.9. The zero-order valence-corrected chi connectivity index (χ0v) is 11.7. The van der Waals surface area contributed by atoms with Crippen LogP contribution in [0.4, 0.5) is 0 Å². The Balaban J connectivity index is 1.80. The van der Waals surface area contributed by atoms with E-state index in [-0.39, 0.29) is 29.7 Å². The van der Waals surface area contributed by atoms with Gasteiger partial charge >= 0.3 is 5.97 Å². The molecule has 1 amide bonds. The van der Waals surface area contributed by atoms with Crippen molar-refractivity contribution in [3.8, 4) is 0 Å². The number of methoxy groups -OCH3 is 1. The fourth-order valence-electron chi connectivity index (χ4n) is 2.48. The molecule has 1 aromatic rings. The molecule has 0 bridgehead atoms. The van der Waals surface area contributed by atoms with Gasteiger partial charge in [-0.15, -0.1) is 0 Å². The molecule has 0 aromatic carbocycles. The lowest BCUT2D eigenvalue weighted by Crippen LogP contribution is -2.41. The van der Waals surface area contributed by atoms with E-state index in [1.165, 1.54) is 19.7 Å². The van der Waals surface area contributed by atoms with Gasteiger partial charge in [0, 0.05) is 18.6 Å². The minimum absolute atomic E-state index is 0.176. The van der Waals surface area contributed by atoms with Crippen molar-refractivity contribution in [2.75, 3.05) is 20.7 Å². The molecule has 2 rings (SSSR count). The molecule has 7 heteroatoms. The summed E-state index contributed by atoms with van der Waals surface area (Å²) in [5.41, 5.74) is 0. The SMILES string of the molecule is COC(=O)C[C@H]1CC[C@@H](CNC(=O)c2cnco2)N1C. The molecule has 20 heavy (non-hydrogen) atoms. The molecule has 1 aromatic heterocycles. The topological polar surface area (TPSA) is 84.7 Å². The van der Waals surface area contributed by atoms with Crippen molar-refractivity contribution >= 4 is 11.9 Å². The highest BCUT2D eigenvalue weighted by Gasteiger charge is 2.32. The van der Waals surface area contributed by atoms with E-state index in [1.807, 2.05) is 7.05 Å². The van der Waals surface area contributed by atoms with Gasteiger partial charge in [-0.1, -0.05) is 0 Å². The highest BCUT2D eigenvalue weighted by Crippen LogP contribution is 2.24. The highest BCUT2D eigenvalue weighted by atomic mass is 16.5. The predicted octanol–water partition coefficient (Wildman–Crippen LogP) is 0.430. The number of carbonyl (C=O) groups is 2. The fourth-order valence-corrected chi connectivity index (χ4v) is 2.48. The maximum Gasteiger partial charge on any atom is 0.307 e. The Hall–Kier alpha value is -1.89. The van der Waals surface area contributed by atoms with Crippen LogP contribution in [0.2, 0.25) is 0 Å². The van der Waals surface area contributed by atoms with E-state index in [9.17, 15) is 9.59 Å². The number of oxazole rings is 1. The smallest absolute Gasteiger partial charge is 0.307 e. The van der Waals surface area contributed by atoms with Crippen LogP contribution in [-0.4, -0.2) is 54.5 Å². The van der Waals surface area contributed by atoms with Crippen LogP contribution in [0.25, 0.3) is 0 Å². The third-order valence-electron chi connectivity index (χ3n) is 3.77. The molecule has 2 atom stereocenters. The number of likely N-dealkylation sites (N-methyl/N-ethyl adjacent to an activating group) is 1. The van der Waals surface area contributed by atoms with Crippen LogP contribution in [0.3, 0.4) is 0 Å². The second-order valence-electron chi connectivity index (χ2n) is 4.91. The lowest BCUT2D eigenvalue weighted by Gasteiger charge is -2.25. The molecule has 0 radical (unpaired) electrons. The zero-order chi connectivity index (χ0) is 14.5. The molecule has 1 saturated heterocycles. The Bertz CT molecular complexity index is 460. The van der Waals surface area contributed by atoms with Crippen LogP contribution < -0.4 is 5.32 Å². The molecule has 7 nitrogen and oxygen atoms in total. The molecule has 0 aliphatic carbocycles. The summed E-state index contributed by atoms with van der Waals surface area (Å²) in [6.45, 7) is 0.522. The van der Waals surface area contributed by atoms with Crippen LogP contribution in [0.5, 0.6) is 0 Å². The van der Waals surface area contributed by atoms with Crippen molar-refractivity contribution < 1.29 is 18.7 Å². The van der Waals surface area contributed by atoms with Crippen molar-refractivity contribution in [3.05, 3.63) is 18.4 Å². The summed E-state index contributed by atoms with van der Waals surface area (Å²) in [5, 5.41) is 2.81. The lowest BCUT2D eigenvalue weighted by atomic mass is 10.1. The Morgan fingerprint density at radius 2 is 2.25 bits per heavy atom. The maximum atomic E-state index is 11.7. The average molecular weight is 281 g/mol.